The molecule has 0 saturated heterocycles. The first-order valence-corrected chi connectivity index (χ1v) is 9.04. The number of anilines is 1. The molecule has 0 unspecified atom stereocenters. The number of rotatable bonds is 5. The number of hydrogen-bond acceptors (Lipinski definition) is 3. The topological polar surface area (TPSA) is 55.4 Å². The smallest absolute Gasteiger partial charge is 0.262 e. The summed E-state index contributed by atoms with van der Waals surface area (Å²) in [6.45, 7) is 1.88. The predicted molar refractivity (Wildman–Crippen MR) is 94.9 cm³/mol. The summed E-state index contributed by atoms with van der Waals surface area (Å²) in [5.74, 6) is 0.355. The summed E-state index contributed by atoms with van der Waals surface area (Å²) >= 11 is 0. The highest BCUT2D eigenvalue weighted by Gasteiger charge is 2.16. The lowest BCUT2D eigenvalue weighted by molar-refractivity contribution is 0.482. The van der Waals surface area contributed by atoms with Crippen LogP contribution in [0.4, 0.5) is 10.1 Å². The van der Waals surface area contributed by atoms with Crippen LogP contribution in [0.25, 0.3) is 0 Å². The third-order valence-electron chi connectivity index (χ3n) is 3.50. The molecule has 0 saturated carbocycles. The molecule has 3 aromatic rings. The molecule has 0 aromatic heterocycles. The van der Waals surface area contributed by atoms with E-state index < -0.39 is 10.0 Å². The SMILES string of the molecule is Cc1ccc(S(=O)(=O)Nc2ccccc2Oc2ccc(F)cc2)cc1. The van der Waals surface area contributed by atoms with Gasteiger partial charge < -0.3 is 4.74 Å². The van der Waals surface area contributed by atoms with E-state index in [0.717, 1.165) is 5.56 Å². The van der Waals surface area contributed by atoms with Crippen LogP contribution in [0.15, 0.2) is 77.7 Å². The Morgan fingerprint density at radius 1 is 0.880 bits per heavy atom. The van der Waals surface area contributed by atoms with Gasteiger partial charge in [-0.15, -0.1) is 0 Å². The molecule has 1 N–H and O–H groups in total. The average Bonchev–Trinajstić information content (AvgIpc) is 2.59. The normalized spacial score (nSPS) is 11.1. The number of para-hydroxylation sites is 2. The quantitative estimate of drug-likeness (QED) is 0.718. The zero-order valence-electron chi connectivity index (χ0n) is 13.4. The maximum absolute atomic E-state index is 13.0. The van der Waals surface area contributed by atoms with Gasteiger partial charge in [0.2, 0.25) is 0 Å². The fourth-order valence-corrected chi connectivity index (χ4v) is 3.26. The number of hydrogen-bond donors (Lipinski definition) is 1. The van der Waals surface area contributed by atoms with E-state index in [-0.39, 0.29) is 10.7 Å². The van der Waals surface area contributed by atoms with Crippen molar-refractivity contribution in [2.24, 2.45) is 0 Å². The van der Waals surface area contributed by atoms with Gasteiger partial charge in [0.05, 0.1) is 10.6 Å². The number of halogens is 1. The molecule has 0 amide bonds. The van der Waals surface area contributed by atoms with Crippen LogP contribution in [0.1, 0.15) is 5.56 Å². The van der Waals surface area contributed by atoms with Crippen LogP contribution in [-0.4, -0.2) is 8.42 Å². The number of aryl methyl sites for hydroxylation is 1. The average molecular weight is 357 g/mol. The monoisotopic (exact) mass is 357 g/mol. The largest absolute Gasteiger partial charge is 0.455 e. The molecule has 0 atom stereocenters. The van der Waals surface area contributed by atoms with E-state index in [1.165, 1.54) is 24.3 Å². The molecule has 0 bridgehead atoms. The molecular weight excluding hydrogens is 341 g/mol. The Balaban J connectivity index is 1.87. The van der Waals surface area contributed by atoms with Gasteiger partial charge in [-0.2, -0.15) is 0 Å². The van der Waals surface area contributed by atoms with Gasteiger partial charge in [0.1, 0.15) is 11.6 Å². The van der Waals surface area contributed by atoms with Crippen molar-refractivity contribution < 1.29 is 17.5 Å². The maximum atomic E-state index is 13.0. The van der Waals surface area contributed by atoms with Gasteiger partial charge in [0.25, 0.3) is 10.0 Å². The van der Waals surface area contributed by atoms with Crippen LogP contribution in [0.5, 0.6) is 11.5 Å². The lowest BCUT2D eigenvalue weighted by Gasteiger charge is -2.13. The fourth-order valence-electron chi connectivity index (χ4n) is 2.19. The molecule has 0 aliphatic heterocycles. The molecule has 3 aromatic carbocycles. The summed E-state index contributed by atoms with van der Waals surface area (Å²) < 4.78 is 46.3. The highest BCUT2D eigenvalue weighted by molar-refractivity contribution is 7.92. The van der Waals surface area contributed by atoms with E-state index in [2.05, 4.69) is 4.72 Å². The maximum Gasteiger partial charge on any atom is 0.262 e. The van der Waals surface area contributed by atoms with Gasteiger partial charge >= 0.3 is 0 Å². The van der Waals surface area contributed by atoms with Crippen molar-refractivity contribution in [1.29, 1.82) is 0 Å². The second-order valence-corrected chi connectivity index (χ2v) is 7.15. The Morgan fingerprint density at radius 3 is 2.20 bits per heavy atom. The minimum Gasteiger partial charge on any atom is -0.455 e. The van der Waals surface area contributed by atoms with Crippen molar-refractivity contribution in [1.82, 2.24) is 0 Å². The summed E-state index contributed by atoms with van der Waals surface area (Å²) in [6.07, 6.45) is 0. The van der Waals surface area contributed by atoms with Crippen LogP contribution in [0.3, 0.4) is 0 Å². The molecule has 0 fully saturated rings. The molecular formula is C19H16FNO3S. The highest BCUT2D eigenvalue weighted by Crippen LogP contribution is 2.31. The molecule has 0 radical (unpaired) electrons. The van der Waals surface area contributed by atoms with E-state index in [4.69, 9.17) is 4.74 Å². The van der Waals surface area contributed by atoms with E-state index in [0.29, 0.717) is 17.2 Å². The third-order valence-corrected chi connectivity index (χ3v) is 4.89. The summed E-state index contributed by atoms with van der Waals surface area (Å²) in [6, 6.07) is 18.7. The van der Waals surface area contributed by atoms with E-state index in [9.17, 15) is 12.8 Å². The van der Waals surface area contributed by atoms with Crippen molar-refractivity contribution in [3.8, 4) is 11.5 Å². The number of nitrogens with one attached hydrogen (secondary N) is 1. The van der Waals surface area contributed by atoms with E-state index >= 15 is 0 Å². The van der Waals surface area contributed by atoms with Crippen LogP contribution >= 0.6 is 0 Å². The standard InChI is InChI=1S/C19H16FNO3S/c1-14-6-12-17(13-7-14)25(22,23)21-18-4-2-3-5-19(18)24-16-10-8-15(20)9-11-16/h2-13,21H,1H3. The molecule has 0 aliphatic rings. The first kappa shape index (κ1) is 17.0. The number of ether oxygens (including phenoxy) is 1. The minimum absolute atomic E-state index is 0.162. The Bertz CT molecular complexity index is 968. The molecule has 4 nitrogen and oxygen atoms in total. The van der Waals surface area contributed by atoms with Crippen molar-refractivity contribution in [3.63, 3.8) is 0 Å². The summed E-state index contributed by atoms with van der Waals surface area (Å²) in [5.41, 5.74) is 1.27. The molecule has 6 heteroatoms. The summed E-state index contributed by atoms with van der Waals surface area (Å²) in [5, 5.41) is 0. The van der Waals surface area contributed by atoms with Gasteiger partial charge in [-0.3, -0.25) is 4.72 Å². The van der Waals surface area contributed by atoms with Crippen molar-refractivity contribution in [2.45, 2.75) is 11.8 Å². The minimum atomic E-state index is -3.74. The Hall–Kier alpha value is -2.86. The molecule has 0 spiro atoms. The third kappa shape index (κ3) is 4.16. The van der Waals surface area contributed by atoms with Gasteiger partial charge in [-0.1, -0.05) is 29.8 Å². The fraction of sp³-hybridized carbons (Fsp3) is 0.0526. The molecule has 25 heavy (non-hydrogen) atoms. The first-order chi connectivity index (χ1) is 11.9. The van der Waals surface area contributed by atoms with Crippen LogP contribution in [0.2, 0.25) is 0 Å². The number of benzene rings is 3. The van der Waals surface area contributed by atoms with Crippen molar-refractivity contribution >= 4 is 15.7 Å². The lowest BCUT2D eigenvalue weighted by Crippen LogP contribution is -2.13. The first-order valence-electron chi connectivity index (χ1n) is 7.56. The van der Waals surface area contributed by atoms with Crippen molar-refractivity contribution in [2.75, 3.05) is 4.72 Å². The van der Waals surface area contributed by atoms with Gasteiger partial charge in [-0.05, 0) is 55.5 Å². The molecule has 3 rings (SSSR count). The van der Waals surface area contributed by atoms with Gasteiger partial charge in [-0.25, -0.2) is 12.8 Å². The van der Waals surface area contributed by atoms with Crippen molar-refractivity contribution in [3.05, 3.63) is 84.2 Å². The van der Waals surface area contributed by atoms with E-state index in [1.54, 1.807) is 48.5 Å². The second-order valence-electron chi connectivity index (χ2n) is 5.47. The van der Waals surface area contributed by atoms with Crippen LogP contribution in [-0.2, 0) is 10.0 Å². The van der Waals surface area contributed by atoms with Gasteiger partial charge in [0.15, 0.2) is 5.75 Å². The molecule has 0 aliphatic carbocycles. The summed E-state index contributed by atoms with van der Waals surface area (Å²) in [4.78, 5) is 0.162. The van der Waals surface area contributed by atoms with Crippen LogP contribution < -0.4 is 9.46 Å². The Labute approximate surface area is 146 Å². The molecule has 0 heterocycles. The number of sulfonamides is 1. The Morgan fingerprint density at radius 2 is 1.52 bits per heavy atom. The zero-order chi connectivity index (χ0) is 17.9. The predicted octanol–water partition coefficient (Wildman–Crippen LogP) is 4.73. The highest BCUT2D eigenvalue weighted by atomic mass is 32.2. The van der Waals surface area contributed by atoms with Gasteiger partial charge in [0, 0.05) is 0 Å². The van der Waals surface area contributed by atoms with E-state index in [1.807, 2.05) is 6.92 Å². The lowest BCUT2D eigenvalue weighted by atomic mass is 10.2. The Kier molecular flexibility index (Phi) is 4.72. The zero-order valence-corrected chi connectivity index (χ0v) is 14.3. The summed E-state index contributed by atoms with van der Waals surface area (Å²) in [7, 11) is -3.74. The van der Waals surface area contributed by atoms with Crippen LogP contribution in [0, 0.1) is 12.7 Å². The second kappa shape index (κ2) is 6.94. The molecule has 128 valence electrons.